The third-order valence-corrected chi connectivity index (χ3v) is 2.59. The summed E-state index contributed by atoms with van der Waals surface area (Å²) in [4.78, 5) is 0. The Hall–Kier alpha value is -1.68. The number of ether oxygens (including phenoxy) is 1. The van der Waals surface area contributed by atoms with E-state index in [0.29, 0.717) is 28.3 Å². The number of nitrogens with zero attached hydrogens (tertiary/aromatic N) is 2. The van der Waals surface area contributed by atoms with Gasteiger partial charge < -0.3 is 10.5 Å². The fourth-order valence-corrected chi connectivity index (χ4v) is 1.61. The van der Waals surface area contributed by atoms with E-state index in [1.807, 2.05) is 24.7 Å². The van der Waals surface area contributed by atoms with Crippen molar-refractivity contribution in [2.45, 2.75) is 19.9 Å². The summed E-state index contributed by atoms with van der Waals surface area (Å²) in [7, 11) is 0. The minimum absolute atomic E-state index is 0.300. The van der Waals surface area contributed by atoms with Crippen LogP contribution in [0.1, 0.15) is 19.9 Å². The highest BCUT2D eigenvalue weighted by Gasteiger charge is 2.06. The SMILES string of the molecule is CC(C)n1cc(Oc2ccc(N)cc2Cl)cn1. The van der Waals surface area contributed by atoms with Gasteiger partial charge in [-0.1, -0.05) is 11.6 Å². The van der Waals surface area contributed by atoms with Crippen LogP contribution in [0.25, 0.3) is 0 Å². The van der Waals surface area contributed by atoms with E-state index in [4.69, 9.17) is 22.1 Å². The Morgan fingerprint density at radius 1 is 1.41 bits per heavy atom. The molecule has 0 aliphatic carbocycles. The van der Waals surface area contributed by atoms with Crippen molar-refractivity contribution in [3.05, 3.63) is 35.6 Å². The molecule has 0 aliphatic heterocycles. The molecule has 2 aromatic rings. The van der Waals surface area contributed by atoms with Crippen molar-refractivity contribution in [3.63, 3.8) is 0 Å². The minimum Gasteiger partial charge on any atom is -0.452 e. The molecule has 0 atom stereocenters. The molecule has 0 unspecified atom stereocenters. The second-order valence-electron chi connectivity index (χ2n) is 4.04. The van der Waals surface area contributed by atoms with Crippen LogP contribution in [0.2, 0.25) is 5.02 Å². The Kier molecular flexibility index (Phi) is 3.24. The molecule has 5 heteroatoms. The maximum absolute atomic E-state index is 6.02. The summed E-state index contributed by atoms with van der Waals surface area (Å²) in [5.41, 5.74) is 6.22. The first-order valence-corrected chi connectivity index (χ1v) is 5.71. The smallest absolute Gasteiger partial charge is 0.165 e. The molecule has 0 bridgehead atoms. The lowest BCUT2D eigenvalue weighted by molar-refractivity contribution is 0.477. The van der Waals surface area contributed by atoms with Crippen LogP contribution in [0.3, 0.4) is 0 Å². The number of hydrogen-bond acceptors (Lipinski definition) is 3. The third-order valence-electron chi connectivity index (χ3n) is 2.29. The summed E-state index contributed by atoms with van der Waals surface area (Å²) in [6.45, 7) is 4.10. The van der Waals surface area contributed by atoms with Crippen LogP contribution >= 0.6 is 11.6 Å². The van der Waals surface area contributed by atoms with Crippen LogP contribution in [0.4, 0.5) is 5.69 Å². The Morgan fingerprint density at radius 2 is 2.18 bits per heavy atom. The molecule has 0 radical (unpaired) electrons. The highest BCUT2D eigenvalue weighted by molar-refractivity contribution is 6.32. The predicted octanol–water partition coefficient (Wildman–Crippen LogP) is 3.49. The zero-order chi connectivity index (χ0) is 12.4. The van der Waals surface area contributed by atoms with Gasteiger partial charge in [0.25, 0.3) is 0 Å². The van der Waals surface area contributed by atoms with E-state index in [9.17, 15) is 0 Å². The Labute approximate surface area is 105 Å². The molecule has 0 spiro atoms. The van der Waals surface area contributed by atoms with Crippen LogP contribution in [0.15, 0.2) is 30.6 Å². The highest BCUT2D eigenvalue weighted by atomic mass is 35.5. The summed E-state index contributed by atoms with van der Waals surface area (Å²) >= 11 is 6.02. The number of rotatable bonds is 3. The van der Waals surface area contributed by atoms with Crippen molar-refractivity contribution >= 4 is 17.3 Å². The number of anilines is 1. The van der Waals surface area contributed by atoms with Crippen LogP contribution in [0.5, 0.6) is 11.5 Å². The number of halogens is 1. The quantitative estimate of drug-likeness (QED) is 0.850. The van der Waals surface area contributed by atoms with Crippen molar-refractivity contribution in [1.82, 2.24) is 9.78 Å². The molecule has 0 fully saturated rings. The average Bonchev–Trinajstić information content (AvgIpc) is 2.71. The molecule has 2 N–H and O–H groups in total. The number of benzene rings is 1. The third kappa shape index (κ3) is 2.71. The predicted molar refractivity (Wildman–Crippen MR) is 68.6 cm³/mol. The number of nitrogens with two attached hydrogens (primary N) is 1. The molecular formula is C12H14ClN3O. The lowest BCUT2D eigenvalue weighted by Gasteiger charge is -2.06. The first-order chi connectivity index (χ1) is 8.06. The first kappa shape index (κ1) is 11.8. The molecular weight excluding hydrogens is 238 g/mol. The summed E-state index contributed by atoms with van der Waals surface area (Å²) in [6, 6.07) is 5.44. The van der Waals surface area contributed by atoms with E-state index in [2.05, 4.69) is 5.10 Å². The summed E-state index contributed by atoms with van der Waals surface area (Å²) < 4.78 is 7.44. The van der Waals surface area contributed by atoms with E-state index in [1.54, 1.807) is 24.4 Å². The van der Waals surface area contributed by atoms with Crippen LogP contribution in [0, 0.1) is 0 Å². The van der Waals surface area contributed by atoms with Crippen molar-refractivity contribution in [1.29, 1.82) is 0 Å². The number of aromatic nitrogens is 2. The second-order valence-corrected chi connectivity index (χ2v) is 4.45. The standard InChI is InChI=1S/C12H14ClN3O/c1-8(2)16-7-10(6-15-16)17-12-4-3-9(14)5-11(12)13/h3-8H,14H2,1-2H3. The van der Waals surface area contributed by atoms with Gasteiger partial charge in [0.2, 0.25) is 0 Å². The van der Waals surface area contributed by atoms with Gasteiger partial charge in [0.05, 0.1) is 17.4 Å². The lowest BCUT2D eigenvalue weighted by Crippen LogP contribution is -1.99. The molecule has 1 heterocycles. The van der Waals surface area contributed by atoms with Gasteiger partial charge in [0.15, 0.2) is 5.75 Å². The normalized spacial score (nSPS) is 10.8. The molecule has 17 heavy (non-hydrogen) atoms. The monoisotopic (exact) mass is 251 g/mol. The molecule has 1 aromatic heterocycles. The van der Waals surface area contributed by atoms with E-state index >= 15 is 0 Å². The molecule has 0 saturated carbocycles. The largest absolute Gasteiger partial charge is 0.452 e. The zero-order valence-electron chi connectivity index (χ0n) is 9.72. The van der Waals surface area contributed by atoms with Crippen molar-refractivity contribution < 1.29 is 4.74 Å². The summed E-state index contributed by atoms with van der Waals surface area (Å²) in [5.74, 6) is 1.23. The van der Waals surface area contributed by atoms with E-state index in [1.165, 1.54) is 0 Å². The second kappa shape index (κ2) is 4.67. The molecule has 0 aliphatic rings. The molecule has 0 saturated heterocycles. The van der Waals surface area contributed by atoms with Crippen LogP contribution < -0.4 is 10.5 Å². The average molecular weight is 252 g/mol. The van der Waals surface area contributed by atoms with Gasteiger partial charge in [-0.05, 0) is 32.0 Å². The van der Waals surface area contributed by atoms with Crippen molar-refractivity contribution in [3.8, 4) is 11.5 Å². The van der Waals surface area contributed by atoms with E-state index < -0.39 is 0 Å². The molecule has 4 nitrogen and oxygen atoms in total. The zero-order valence-corrected chi connectivity index (χ0v) is 10.5. The fraction of sp³-hybridized carbons (Fsp3) is 0.250. The van der Waals surface area contributed by atoms with Crippen molar-refractivity contribution in [2.75, 3.05) is 5.73 Å². The maximum atomic E-state index is 6.02. The molecule has 0 amide bonds. The maximum Gasteiger partial charge on any atom is 0.165 e. The van der Waals surface area contributed by atoms with Crippen molar-refractivity contribution in [2.24, 2.45) is 0 Å². The fourth-order valence-electron chi connectivity index (χ4n) is 1.38. The van der Waals surface area contributed by atoms with Gasteiger partial charge in [-0.25, -0.2) is 0 Å². The topological polar surface area (TPSA) is 53.1 Å². The van der Waals surface area contributed by atoms with E-state index in [0.717, 1.165) is 0 Å². The van der Waals surface area contributed by atoms with Gasteiger partial charge in [-0.15, -0.1) is 0 Å². The van der Waals surface area contributed by atoms with Gasteiger partial charge >= 0.3 is 0 Å². The Balaban J connectivity index is 2.19. The minimum atomic E-state index is 0.300. The van der Waals surface area contributed by atoms with Gasteiger partial charge in [0, 0.05) is 11.7 Å². The van der Waals surface area contributed by atoms with Gasteiger partial charge in [0.1, 0.15) is 5.75 Å². The van der Waals surface area contributed by atoms with Gasteiger partial charge in [-0.2, -0.15) is 5.10 Å². The van der Waals surface area contributed by atoms with E-state index in [-0.39, 0.29) is 0 Å². The Morgan fingerprint density at radius 3 is 2.76 bits per heavy atom. The lowest BCUT2D eigenvalue weighted by atomic mass is 10.3. The highest BCUT2D eigenvalue weighted by Crippen LogP contribution is 2.30. The first-order valence-electron chi connectivity index (χ1n) is 5.33. The summed E-state index contributed by atoms with van der Waals surface area (Å²) in [5, 5.41) is 4.67. The van der Waals surface area contributed by atoms with Crippen LogP contribution in [-0.4, -0.2) is 9.78 Å². The van der Waals surface area contributed by atoms with Gasteiger partial charge in [-0.3, -0.25) is 4.68 Å². The number of nitrogen functional groups attached to an aromatic ring is 1. The summed E-state index contributed by atoms with van der Waals surface area (Å²) in [6.07, 6.45) is 3.49. The molecule has 2 rings (SSSR count). The number of hydrogen-bond donors (Lipinski definition) is 1. The Bertz CT molecular complexity index is 522. The molecule has 1 aromatic carbocycles. The molecule has 90 valence electrons. The van der Waals surface area contributed by atoms with Crippen LogP contribution in [-0.2, 0) is 0 Å².